The molecule has 2 aromatic carbocycles. The molecule has 0 aliphatic heterocycles. The molecule has 3 nitrogen and oxygen atoms in total. The Balaban J connectivity index is 2.24. The van der Waals surface area contributed by atoms with Crippen molar-refractivity contribution in [1.82, 2.24) is 0 Å². The Kier molecular flexibility index (Phi) is 7.41. The number of carbonyl (C=O) groups is 1. The van der Waals surface area contributed by atoms with Gasteiger partial charge in [0.25, 0.3) is 0 Å². The van der Waals surface area contributed by atoms with E-state index in [0.717, 1.165) is 5.56 Å². The fourth-order valence-corrected chi connectivity index (χ4v) is 2.74. The van der Waals surface area contributed by atoms with E-state index in [4.69, 9.17) is 50.7 Å². The Bertz CT molecular complexity index is 883. The molecule has 0 saturated carbocycles. The molecule has 26 heavy (non-hydrogen) atoms. The van der Waals surface area contributed by atoms with E-state index in [-0.39, 0.29) is 28.0 Å². The molecule has 0 unspecified atom stereocenters. The minimum absolute atomic E-state index is 0.127. The standard InChI is InChI=1S/C20H15Cl3O3/c1-3-11-26-17-10-6-13(12-18(17)25-4-2)5-9-16(24)14-7-8-15(21)20(23)19(14)22/h1,5-10,12H,4,11H2,2H3/b9-5+. The molecule has 0 aliphatic carbocycles. The zero-order valence-electron chi connectivity index (χ0n) is 13.9. The van der Waals surface area contributed by atoms with Gasteiger partial charge in [-0.1, -0.05) is 52.9 Å². The Morgan fingerprint density at radius 2 is 1.88 bits per heavy atom. The molecule has 0 heterocycles. The molecule has 0 N–H and O–H groups in total. The van der Waals surface area contributed by atoms with Crippen LogP contribution in [0.4, 0.5) is 0 Å². The quantitative estimate of drug-likeness (QED) is 0.245. The van der Waals surface area contributed by atoms with Gasteiger partial charge in [0.1, 0.15) is 6.61 Å². The molecule has 2 aromatic rings. The van der Waals surface area contributed by atoms with Gasteiger partial charge in [0.2, 0.25) is 0 Å². The van der Waals surface area contributed by atoms with Gasteiger partial charge >= 0.3 is 0 Å². The molecule has 0 spiro atoms. The monoisotopic (exact) mass is 408 g/mol. The number of hydrogen-bond donors (Lipinski definition) is 0. The number of carbonyl (C=O) groups excluding carboxylic acids is 1. The fraction of sp³-hybridized carbons (Fsp3) is 0.150. The minimum Gasteiger partial charge on any atom is -0.490 e. The van der Waals surface area contributed by atoms with Crippen LogP contribution in [0.15, 0.2) is 36.4 Å². The lowest BCUT2D eigenvalue weighted by Gasteiger charge is -2.11. The fourth-order valence-electron chi connectivity index (χ4n) is 2.11. The number of terminal acetylenes is 1. The van der Waals surface area contributed by atoms with Crippen molar-refractivity contribution in [3.63, 3.8) is 0 Å². The zero-order chi connectivity index (χ0) is 19.1. The minimum atomic E-state index is -0.292. The number of ether oxygens (including phenoxy) is 2. The summed E-state index contributed by atoms with van der Waals surface area (Å²) in [6.07, 6.45) is 8.25. The first kappa shape index (κ1) is 20.2. The van der Waals surface area contributed by atoms with Crippen LogP contribution in [0.25, 0.3) is 6.08 Å². The van der Waals surface area contributed by atoms with E-state index < -0.39 is 0 Å². The van der Waals surface area contributed by atoms with Gasteiger partial charge in [-0.25, -0.2) is 0 Å². The van der Waals surface area contributed by atoms with Gasteiger partial charge in [0.05, 0.1) is 21.7 Å². The van der Waals surface area contributed by atoms with Crippen LogP contribution in [-0.2, 0) is 0 Å². The van der Waals surface area contributed by atoms with Crippen molar-refractivity contribution in [2.45, 2.75) is 6.92 Å². The molecule has 6 heteroatoms. The number of rotatable bonds is 7. The zero-order valence-corrected chi connectivity index (χ0v) is 16.2. The van der Waals surface area contributed by atoms with Gasteiger partial charge in [-0.05, 0) is 42.8 Å². The first-order valence-corrected chi connectivity index (χ1v) is 8.80. The Hall–Kier alpha value is -2.12. The molecule has 0 amide bonds. The van der Waals surface area contributed by atoms with Crippen LogP contribution < -0.4 is 9.47 Å². The molecule has 0 fully saturated rings. The molecule has 0 aromatic heterocycles. The summed E-state index contributed by atoms with van der Waals surface area (Å²) in [6, 6.07) is 8.34. The second kappa shape index (κ2) is 9.54. The van der Waals surface area contributed by atoms with Crippen molar-refractivity contribution in [2.75, 3.05) is 13.2 Å². The van der Waals surface area contributed by atoms with E-state index >= 15 is 0 Å². The van der Waals surface area contributed by atoms with Crippen LogP contribution in [0.1, 0.15) is 22.8 Å². The van der Waals surface area contributed by atoms with E-state index in [0.29, 0.717) is 23.1 Å². The highest BCUT2D eigenvalue weighted by molar-refractivity contribution is 6.49. The van der Waals surface area contributed by atoms with E-state index in [2.05, 4.69) is 5.92 Å². The topological polar surface area (TPSA) is 35.5 Å². The SMILES string of the molecule is C#CCOc1ccc(/C=C/C(=O)c2ccc(Cl)c(Cl)c2Cl)cc1OCC. The Labute approximate surface area is 167 Å². The molecular formula is C20H15Cl3O3. The number of benzene rings is 2. The molecule has 0 atom stereocenters. The van der Waals surface area contributed by atoms with E-state index in [1.165, 1.54) is 18.2 Å². The third-order valence-corrected chi connectivity index (χ3v) is 4.60. The molecule has 134 valence electrons. The average molecular weight is 410 g/mol. The molecule has 0 aliphatic rings. The maximum atomic E-state index is 12.4. The molecule has 0 radical (unpaired) electrons. The summed E-state index contributed by atoms with van der Waals surface area (Å²) in [7, 11) is 0. The summed E-state index contributed by atoms with van der Waals surface area (Å²) in [6.45, 7) is 2.48. The van der Waals surface area contributed by atoms with Crippen LogP contribution in [0.5, 0.6) is 11.5 Å². The normalized spacial score (nSPS) is 10.6. The second-order valence-electron chi connectivity index (χ2n) is 5.05. The van der Waals surface area contributed by atoms with Crippen molar-refractivity contribution in [2.24, 2.45) is 0 Å². The maximum Gasteiger partial charge on any atom is 0.187 e. The third kappa shape index (κ3) is 4.95. The van der Waals surface area contributed by atoms with E-state index in [1.54, 1.807) is 24.3 Å². The summed E-state index contributed by atoms with van der Waals surface area (Å²) < 4.78 is 11.0. The smallest absolute Gasteiger partial charge is 0.187 e. The summed E-state index contributed by atoms with van der Waals surface area (Å²) in [5.74, 6) is 3.20. The van der Waals surface area contributed by atoms with Crippen LogP contribution >= 0.6 is 34.8 Å². The van der Waals surface area contributed by atoms with E-state index in [9.17, 15) is 4.79 Å². The van der Waals surface area contributed by atoms with Crippen molar-refractivity contribution < 1.29 is 14.3 Å². The van der Waals surface area contributed by atoms with E-state index in [1.807, 2.05) is 6.92 Å². The lowest BCUT2D eigenvalue weighted by molar-refractivity contribution is 0.104. The highest BCUT2D eigenvalue weighted by atomic mass is 35.5. The average Bonchev–Trinajstić information content (AvgIpc) is 2.64. The largest absolute Gasteiger partial charge is 0.490 e. The molecule has 0 bridgehead atoms. The lowest BCUT2D eigenvalue weighted by atomic mass is 10.1. The predicted molar refractivity (Wildman–Crippen MR) is 107 cm³/mol. The highest BCUT2D eigenvalue weighted by Gasteiger charge is 2.13. The van der Waals surface area contributed by atoms with Crippen LogP contribution in [-0.4, -0.2) is 19.0 Å². The number of ketones is 1. The van der Waals surface area contributed by atoms with Crippen molar-refractivity contribution in [3.05, 3.63) is 62.6 Å². The summed E-state index contributed by atoms with van der Waals surface area (Å²) in [4.78, 5) is 12.4. The van der Waals surface area contributed by atoms with Gasteiger partial charge < -0.3 is 9.47 Å². The van der Waals surface area contributed by atoms with Gasteiger partial charge in [-0.2, -0.15) is 0 Å². The summed E-state index contributed by atoms with van der Waals surface area (Å²) >= 11 is 17.9. The molecular weight excluding hydrogens is 395 g/mol. The first-order chi connectivity index (χ1) is 12.5. The third-order valence-electron chi connectivity index (χ3n) is 3.31. The molecule has 2 rings (SSSR count). The lowest BCUT2D eigenvalue weighted by Crippen LogP contribution is -1.99. The number of allylic oxidation sites excluding steroid dienone is 1. The maximum absolute atomic E-state index is 12.4. The van der Waals surface area contributed by atoms with Crippen molar-refractivity contribution in [1.29, 1.82) is 0 Å². The van der Waals surface area contributed by atoms with Crippen molar-refractivity contribution >= 4 is 46.7 Å². The Morgan fingerprint density at radius 3 is 2.58 bits per heavy atom. The summed E-state index contributed by atoms with van der Waals surface area (Å²) in [5.41, 5.74) is 1.03. The van der Waals surface area contributed by atoms with Gasteiger partial charge in [0.15, 0.2) is 17.3 Å². The second-order valence-corrected chi connectivity index (χ2v) is 6.22. The van der Waals surface area contributed by atoms with Crippen LogP contribution in [0.3, 0.4) is 0 Å². The Morgan fingerprint density at radius 1 is 1.12 bits per heavy atom. The van der Waals surface area contributed by atoms with Gasteiger partial charge in [0, 0.05) is 5.56 Å². The molecule has 0 saturated heterocycles. The van der Waals surface area contributed by atoms with Gasteiger partial charge in [-0.15, -0.1) is 6.42 Å². The number of halogens is 3. The van der Waals surface area contributed by atoms with Crippen LogP contribution in [0.2, 0.25) is 15.1 Å². The van der Waals surface area contributed by atoms with Gasteiger partial charge in [-0.3, -0.25) is 4.79 Å². The van der Waals surface area contributed by atoms with Crippen molar-refractivity contribution in [3.8, 4) is 23.8 Å². The predicted octanol–water partition coefficient (Wildman–Crippen LogP) is 5.95. The first-order valence-electron chi connectivity index (χ1n) is 7.67. The summed E-state index contributed by atoms with van der Waals surface area (Å²) in [5, 5.41) is 0.573. The van der Waals surface area contributed by atoms with Crippen LogP contribution in [0, 0.1) is 12.3 Å². The highest BCUT2D eigenvalue weighted by Crippen LogP contribution is 2.33. The number of hydrogen-bond acceptors (Lipinski definition) is 3.